The quantitative estimate of drug-likeness (QED) is 0.899. The topological polar surface area (TPSA) is 57.7 Å². The molecule has 2 aliphatic rings. The standard InChI is InChI=1S/C16H24N4O2/c1-19-8-9-22-14(11-19)12-20(10-13-5-6-13)16(21)18-15-4-2-3-7-17-15/h2-4,7,13-14H,5-6,8-12H2,1H3,(H,17,18,21). The van der Waals surface area contributed by atoms with E-state index in [1.165, 1.54) is 12.8 Å². The number of anilines is 1. The van der Waals surface area contributed by atoms with E-state index in [0.29, 0.717) is 18.3 Å². The Morgan fingerprint density at radius 2 is 2.32 bits per heavy atom. The van der Waals surface area contributed by atoms with Crippen LogP contribution in [-0.2, 0) is 4.74 Å². The fourth-order valence-electron chi connectivity index (χ4n) is 2.70. The zero-order chi connectivity index (χ0) is 15.4. The van der Waals surface area contributed by atoms with Crippen LogP contribution >= 0.6 is 0 Å². The molecule has 1 aromatic rings. The molecule has 2 heterocycles. The van der Waals surface area contributed by atoms with Crippen molar-refractivity contribution in [3.05, 3.63) is 24.4 Å². The summed E-state index contributed by atoms with van der Waals surface area (Å²) in [5.74, 6) is 1.24. The first-order valence-electron chi connectivity index (χ1n) is 7.98. The van der Waals surface area contributed by atoms with Gasteiger partial charge in [0.05, 0.1) is 12.7 Å². The highest BCUT2D eigenvalue weighted by molar-refractivity contribution is 5.88. The first-order valence-corrected chi connectivity index (χ1v) is 7.98. The van der Waals surface area contributed by atoms with E-state index in [1.807, 2.05) is 17.0 Å². The molecule has 1 atom stereocenters. The zero-order valence-electron chi connectivity index (χ0n) is 13.1. The largest absolute Gasteiger partial charge is 0.374 e. The Kier molecular flexibility index (Phi) is 4.90. The van der Waals surface area contributed by atoms with Crippen molar-refractivity contribution in [3.63, 3.8) is 0 Å². The summed E-state index contributed by atoms with van der Waals surface area (Å²) in [4.78, 5) is 20.8. The van der Waals surface area contributed by atoms with Gasteiger partial charge in [0, 0.05) is 32.4 Å². The van der Waals surface area contributed by atoms with Crippen molar-refractivity contribution in [2.45, 2.75) is 18.9 Å². The summed E-state index contributed by atoms with van der Waals surface area (Å²) in [5.41, 5.74) is 0. The van der Waals surface area contributed by atoms with Gasteiger partial charge in [-0.3, -0.25) is 5.32 Å². The number of ether oxygens (including phenoxy) is 1. The van der Waals surface area contributed by atoms with E-state index < -0.39 is 0 Å². The van der Waals surface area contributed by atoms with Crippen LogP contribution in [0.2, 0.25) is 0 Å². The smallest absolute Gasteiger partial charge is 0.323 e. The Labute approximate surface area is 131 Å². The number of amides is 2. The Morgan fingerprint density at radius 1 is 1.45 bits per heavy atom. The second-order valence-electron chi connectivity index (χ2n) is 6.25. The van der Waals surface area contributed by atoms with Gasteiger partial charge in [0.15, 0.2) is 0 Å². The molecule has 2 amide bonds. The third kappa shape index (κ3) is 4.42. The fourth-order valence-corrected chi connectivity index (χ4v) is 2.70. The van der Waals surface area contributed by atoms with E-state index in [4.69, 9.17) is 4.74 Å². The van der Waals surface area contributed by atoms with Crippen LogP contribution in [0.15, 0.2) is 24.4 Å². The van der Waals surface area contributed by atoms with Crippen LogP contribution in [0.25, 0.3) is 0 Å². The normalized spacial score (nSPS) is 22.3. The molecule has 6 nitrogen and oxygen atoms in total. The summed E-state index contributed by atoms with van der Waals surface area (Å²) in [6.07, 6.45) is 4.21. The van der Waals surface area contributed by atoms with Crippen LogP contribution in [0.1, 0.15) is 12.8 Å². The molecule has 0 radical (unpaired) electrons. The molecule has 1 saturated heterocycles. The van der Waals surface area contributed by atoms with E-state index >= 15 is 0 Å². The first-order chi connectivity index (χ1) is 10.7. The van der Waals surface area contributed by atoms with E-state index in [0.717, 1.165) is 26.2 Å². The van der Waals surface area contributed by atoms with Gasteiger partial charge in [-0.05, 0) is 37.9 Å². The molecular formula is C16H24N4O2. The second kappa shape index (κ2) is 7.07. The van der Waals surface area contributed by atoms with Crippen LogP contribution in [0.4, 0.5) is 10.6 Å². The molecule has 0 spiro atoms. The fraction of sp³-hybridized carbons (Fsp3) is 0.625. The van der Waals surface area contributed by atoms with Gasteiger partial charge < -0.3 is 14.5 Å². The number of likely N-dealkylation sites (N-methyl/N-ethyl adjacent to an activating group) is 1. The van der Waals surface area contributed by atoms with E-state index in [-0.39, 0.29) is 12.1 Å². The van der Waals surface area contributed by atoms with Crippen LogP contribution in [0, 0.1) is 5.92 Å². The summed E-state index contributed by atoms with van der Waals surface area (Å²) in [6.45, 7) is 4.01. The molecule has 6 heteroatoms. The van der Waals surface area contributed by atoms with Crippen molar-refractivity contribution >= 4 is 11.8 Å². The van der Waals surface area contributed by atoms with Gasteiger partial charge in [0.2, 0.25) is 0 Å². The Hall–Kier alpha value is -1.66. The first kappa shape index (κ1) is 15.2. The highest BCUT2D eigenvalue weighted by atomic mass is 16.5. The maximum Gasteiger partial charge on any atom is 0.323 e. The van der Waals surface area contributed by atoms with Crippen molar-refractivity contribution in [2.75, 3.05) is 45.2 Å². The monoisotopic (exact) mass is 304 g/mol. The zero-order valence-corrected chi connectivity index (χ0v) is 13.1. The average molecular weight is 304 g/mol. The third-order valence-corrected chi connectivity index (χ3v) is 4.13. The number of aromatic nitrogens is 1. The minimum atomic E-state index is -0.0811. The number of hydrogen-bond donors (Lipinski definition) is 1. The number of rotatable bonds is 5. The number of urea groups is 1. The molecule has 2 fully saturated rings. The minimum absolute atomic E-state index is 0.0811. The van der Waals surface area contributed by atoms with Crippen molar-refractivity contribution in [1.29, 1.82) is 0 Å². The lowest BCUT2D eigenvalue weighted by atomic mass is 10.2. The van der Waals surface area contributed by atoms with Gasteiger partial charge in [0.1, 0.15) is 5.82 Å². The van der Waals surface area contributed by atoms with Gasteiger partial charge in [-0.25, -0.2) is 9.78 Å². The molecule has 1 aromatic heterocycles. The van der Waals surface area contributed by atoms with Crippen LogP contribution in [0.3, 0.4) is 0 Å². The number of hydrogen-bond acceptors (Lipinski definition) is 4. The molecule has 1 saturated carbocycles. The van der Waals surface area contributed by atoms with Crippen molar-refractivity contribution in [1.82, 2.24) is 14.8 Å². The molecule has 1 aliphatic heterocycles. The van der Waals surface area contributed by atoms with Gasteiger partial charge in [-0.2, -0.15) is 0 Å². The Balaban J connectivity index is 1.59. The number of nitrogens with zero attached hydrogens (tertiary/aromatic N) is 3. The van der Waals surface area contributed by atoms with Gasteiger partial charge in [-0.1, -0.05) is 6.07 Å². The SMILES string of the molecule is CN1CCOC(CN(CC2CC2)C(=O)Nc2ccccn2)C1. The molecule has 1 N–H and O–H groups in total. The molecule has 120 valence electrons. The molecule has 0 bridgehead atoms. The maximum absolute atomic E-state index is 12.5. The molecule has 1 unspecified atom stereocenters. The average Bonchev–Trinajstić information content (AvgIpc) is 3.32. The number of nitrogens with one attached hydrogen (secondary N) is 1. The van der Waals surface area contributed by atoms with Crippen molar-refractivity contribution < 1.29 is 9.53 Å². The highest BCUT2D eigenvalue weighted by Gasteiger charge is 2.29. The van der Waals surface area contributed by atoms with Gasteiger partial charge >= 0.3 is 6.03 Å². The Morgan fingerprint density at radius 3 is 3.00 bits per heavy atom. The lowest BCUT2D eigenvalue weighted by molar-refractivity contribution is -0.0302. The second-order valence-corrected chi connectivity index (χ2v) is 6.25. The number of carbonyl (C=O) groups is 1. The van der Waals surface area contributed by atoms with Gasteiger partial charge in [0.25, 0.3) is 0 Å². The Bertz CT molecular complexity index is 492. The van der Waals surface area contributed by atoms with E-state index in [2.05, 4.69) is 22.2 Å². The summed E-state index contributed by atoms with van der Waals surface area (Å²) in [7, 11) is 2.09. The number of pyridine rings is 1. The van der Waals surface area contributed by atoms with E-state index in [1.54, 1.807) is 12.3 Å². The summed E-state index contributed by atoms with van der Waals surface area (Å²) in [5, 5.41) is 2.88. The summed E-state index contributed by atoms with van der Waals surface area (Å²) >= 11 is 0. The molecule has 3 rings (SSSR count). The third-order valence-electron chi connectivity index (χ3n) is 4.13. The summed E-state index contributed by atoms with van der Waals surface area (Å²) < 4.78 is 5.80. The van der Waals surface area contributed by atoms with Crippen LogP contribution in [0.5, 0.6) is 0 Å². The van der Waals surface area contributed by atoms with E-state index in [9.17, 15) is 4.79 Å². The van der Waals surface area contributed by atoms with Crippen molar-refractivity contribution in [2.24, 2.45) is 5.92 Å². The lowest BCUT2D eigenvalue weighted by Gasteiger charge is -2.34. The summed E-state index contributed by atoms with van der Waals surface area (Å²) in [6, 6.07) is 5.43. The highest BCUT2D eigenvalue weighted by Crippen LogP contribution is 2.30. The predicted molar refractivity (Wildman–Crippen MR) is 84.8 cm³/mol. The molecular weight excluding hydrogens is 280 g/mol. The lowest BCUT2D eigenvalue weighted by Crippen LogP contribution is -2.49. The van der Waals surface area contributed by atoms with Gasteiger partial charge in [-0.15, -0.1) is 0 Å². The number of carbonyl (C=O) groups excluding carboxylic acids is 1. The van der Waals surface area contributed by atoms with Crippen LogP contribution in [-0.4, -0.2) is 66.8 Å². The molecule has 1 aliphatic carbocycles. The molecule has 22 heavy (non-hydrogen) atoms. The van der Waals surface area contributed by atoms with Crippen molar-refractivity contribution in [3.8, 4) is 0 Å². The predicted octanol–water partition coefficient (Wildman–Crippen LogP) is 1.66. The maximum atomic E-state index is 12.5. The van der Waals surface area contributed by atoms with Crippen LogP contribution < -0.4 is 5.32 Å². The minimum Gasteiger partial charge on any atom is -0.374 e. The molecule has 0 aromatic carbocycles. The number of morpholine rings is 1.